The minimum Gasteiger partial charge on any atom is -0.138 e. The lowest BCUT2D eigenvalue weighted by Gasteiger charge is -2.09. The van der Waals surface area contributed by atoms with Crippen LogP contribution in [0.4, 0.5) is 0 Å². The molecule has 0 bridgehead atoms. The van der Waals surface area contributed by atoms with E-state index in [2.05, 4.69) is 101 Å². The molecule has 0 atom stereocenters. The van der Waals surface area contributed by atoms with Crippen LogP contribution in [0.5, 0.6) is 0 Å². The molecule has 0 N–H and O–H groups in total. The van der Waals surface area contributed by atoms with Crippen molar-refractivity contribution in [2.45, 2.75) is 6.92 Å². The lowest BCUT2D eigenvalue weighted by atomic mass is 9.96. The first-order valence-corrected chi connectivity index (χ1v) is 10.0. The van der Waals surface area contributed by atoms with Crippen molar-refractivity contribution in [1.29, 1.82) is 0 Å². The molecule has 0 amide bonds. The Balaban J connectivity index is 1.60. The van der Waals surface area contributed by atoms with E-state index in [4.69, 9.17) is 0 Å². The van der Waals surface area contributed by atoms with E-state index < -0.39 is 0 Å². The highest BCUT2D eigenvalue weighted by molar-refractivity contribution is 7.13. The van der Waals surface area contributed by atoms with Crippen molar-refractivity contribution >= 4 is 21.7 Å². The van der Waals surface area contributed by atoms with E-state index in [-0.39, 0.29) is 0 Å². The lowest BCUT2D eigenvalue weighted by molar-refractivity contribution is 1.20. The number of aromatic nitrogens is 2. The van der Waals surface area contributed by atoms with Crippen molar-refractivity contribution < 1.29 is 0 Å². The second-order valence-corrected chi connectivity index (χ2v) is 7.71. The molecule has 5 aromatic rings. The summed E-state index contributed by atoms with van der Waals surface area (Å²) in [5, 5.41) is 4.34. The van der Waals surface area contributed by atoms with E-state index in [9.17, 15) is 0 Å². The van der Waals surface area contributed by atoms with Gasteiger partial charge in [0.2, 0.25) is 0 Å². The van der Waals surface area contributed by atoms with Gasteiger partial charge in [-0.1, -0.05) is 88.9 Å². The topological polar surface area (TPSA) is 25.8 Å². The summed E-state index contributed by atoms with van der Waals surface area (Å²) in [6, 6.07) is 32.2. The van der Waals surface area contributed by atoms with Crippen LogP contribution in [0.1, 0.15) is 5.56 Å². The van der Waals surface area contributed by atoms with Crippen molar-refractivity contribution in [2.24, 2.45) is 0 Å². The molecule has 28 heavy (non-hydrogen) atoms. The van der Waals surface area contributed by atoms with Gasteiger partial charge < -0.3 is 0 Å². The van der Waals surface area contributed by atoms with Crippen LogP contribution in [0.25, 0.3) is 43.6 Å². The summed E-state index contributed by atoms with van der Waals surface area (Å²) in [7, 11) is 0. The highest BCUT2D eigenvalue weighted by atomic mass is 32.1. The van der Waals surface area contributed by atoms with Crippen LogP contribution < -0.4 is 0 Å². The average Bonchev–Trinajstić information content (AvgIpc) is 3.23. The fraction of sp³-hybridized carbons (Fsp3) is 0.0400. The molecule has 2 nitrogen and oxygen atoms in total. The minimum atomic E-state index is 0.949. The quantitative estimate of drug-likeness (QED) is 0.338. The summed E-state index contributed by atoms with van der Waals surface area (Å²) in [5.41, 5.74) is 9.39. The van der Waals surface area contributed by atoms with Crippen molar-refractivity contribution in [3.05, 3.63) is 96.6 Å². The number of hydrogen-bond donors (Lipinski definition) is 0. The van der Waals surface area contributed by atoms with Gasteiger partial charge in [-0.3, -0.25) is 0 Å². The van der Waals surface area contributed by atoms with Gasteiger partial charge in [-0.15, -0.1) is 5.10 Å². The number of benzene rings is 4. The first kappa shape index (κ1) is 16.8. The molecule has 0 saturated carbocycles. The van der Waals surface area contributed by atoms with Gasteiger partial charge in [-0.25, -0.2) is 0 Å². The molecule has 0 saturated heterocycles. The molecule has 1 heterocycles. The van der Waals surface area contributed by atoms with E-state index in [1.54, 1.807) is 0 Å². The molecule has 0 aliphatic rings. The highest BCUT2D eigenvalue weighted by Gasteiger charge is 2.11. The maximum Gasteiger partial charge on any atom is 0.107 e. The van der Waals surface area contributed by atoms with Gasteiger partial charge >= 0.3 is 0 Å². The zero-order valence-corrected chi connectivity index (χ0v) is 16.3. The van der Waals surface area contributed by atoms with E-state index in [0.717, 1.165) is 15.8 Å². The molecule has 0 aliphatic heterocycles. The smallest absolute Gasteiger partial charge is 0.107 e. The van der Waals surface area contributed by atoms with Gasteiger partial charge in [0.05, 0.1) is 4.70 Å². The number of hydrogen-bond acceptors (Lipinski definition) is 3. The first-order chi connectivity index (χ1) is 13.8. The van der Waals surface area contributed by atoms with Crippen molar-refractivity contribution in [3.8, 4) is 33.4 Å². The van der Waals surface area contributed by atoms with Gasteiger partial charge in [0.25, 0.3) is 0 Å². The fourth-order valence-electron chi connectivity index (χ4n) is 3.49. The van der Waals surface area contributed by atoms with Crippen LogP contribution in [0.15, 0.2) is 91.0 Å². The van der Waals surface area contributed by atoms with Crippen molar-refractivity contribution in [1.82, 2.24) is 9.59 Å². The maximum absolute atomic E-state index is 4.34. The summed E-state index contributed by atoms with van der Waals surface area (Å²) in [6.45, 7) is 2.11. The molecule has 3 heteroatoms. The molecule has 0 radical (unpaired) electrons. The summed E-state index contributed by atoms with van der Waals surface area (Å²) in [5.74, 6) is 0. The van der Waals surface area contributed by atoms with Gasteiger partial charge in [-0.05, 0) is 58.4 Å². The van der Waals surface area contributed by atoms with Crippen LogP contribution in [0.2, 0.25) is 0 Å². The maximum atomic E-state index is 4.34. The second kappa shape index (κ2) is 7.02. The summed E-state index contributed by atoms with van der Waals surface area (Å²) >= 11 is 1.46. The second-order valence-electron chi connectivity index (χ2n) is 6.95. The third kappa shape index (κ3) is 3.10. The van der Waals surface area contributed by atoms with Crippen molar-refractivity contribution in [3.63, 3.8) is 0 Å². The largest absolute Gasteiger partial charge is 0.138 e. The average molecular weight is 379 g/mol. The zero-order chi connectivity index (χ0) is 18.9. The van der Waals surface area contributed by atoms with E-state index >= 15 is 0 Å². The van der Waals surface area contributed by atoms with Crippen LogP contribution in [-0.4, -0.2) is 9.59 Å². The van der Waals surface area contributed by atoms with Gasteiger partial charge in [0.15, 0.2) is 0 Å². The molecule has 134 valence electrons. The Morgan fingerprint density at radius 1 is 0.607 bits per heavy atom. The molecule has 0 aliphatic carbocycles. The van der Waals surface area contributed by atoms with E-state index in [0.29, 0.717) is 0 Å². The Labute approximate surface area is 168 Å². The van der Waals surface area contributed by atoms with Crippen LogP contribution in [0, 0.1) is 6.92 Å². The predicted molar refractivity (Wildman–Crippen MR) is 118 cm³/mol. The Hall–Kier alpha value is -3.30. The number of aryl methyl sites for hydroxylation is 1. The van der Waals surface area contributed by atoms with Crippen LogP contribution in [-0.2, 0) is 0 Å². The van der Waals surface area contributed by atoms with Crippen LogP contribution in [0.3, 0.4) is 0 Å². The van der Waals surface area contributed by atoms with Gasteiger partial charge in [-0.2, -0.15) is 0 Å². The first-order valence-electron chi connectivity index (χ1n) is 9.27. The standard InChI is InChI=1S/C25H18N2S/c1-17-7-9-21(10-8-17)23-15-22(16-24-25(23)28-27-26-24)20-13-11-19(12-14-20)18-5-3-2-4-6-18/h2-16H,1H3. The highest BCUT2D eigenvalue weighted by Crippen LogP contribution is 2.35. The zero-order valence-electron chi connectivity index (χ0n) is 15.5. The lowest BCUT2D eigenvalue weighted by Crippen LogP contribution is -1.85. The molecule has 0 spiro atoms. The number of nitrogens with zero attached hydrogens (tertiary/aromatic N) is 2. The fourth-order valence-corrected chi connectivity index (χ4v) is 4.17. The molecular weight excluding hydrogens is 360 g/mol. The summed E-state index contributed by atoms with van der Waals surface area (Å²) in [6.07, 6.45) is 0. The monoisotopic (exact) mass is 378 g/mol. The Morgan fingerprint density at radius 3 is 1.93 bits per heavy atom. The third-order valence-electron chi connectivity index (χ3n) is 5.04. The van der Waals surface area contributed by atoms with E-state index in [1.165, 1.54) is 44.9 Å². The van der Waals surface area contributed by atoms with Gasteiger partial charge in [0, 0.05) is 5.56 Å². The molecule has 4 aromatic carbocycles. The van der Waals surface area contributed by atoms with Crippen LogP contribution >= 0.6 is 11.5 Å². The minimum absolute atomic E-state index is 0.949. The number of fused-ring (bicyclic) bond motifs is 1. The summed E-state index contributed by atoms with van der Waals surface area (Å²) < 4.78 is 5.32. The van der Waals surface area contributed by atoms with Crippen molar-refractivity contribution in [2.75, 3.05) is 0 Å². The molecule has 0 unspecified atom stereocenters. The number of rotatable bonds is 3. The van der Waals surface area contributed by atoms with E-state index in [1.807, 2.05) is 6.07 Å². The third-order valence-corrected chi connectivity index (χ3v) is 5.81. The molecule has 1 aromatic heterocycles. The SMILES string of the molecule is Cc1ccc(-c2cc(-c3ccc(-c4ccccc4)cc3)cc3nnsc23)cc1. The predicted octanol–water partition coefficient (Wildman–Crippen LogP) is 7.00. The molecular formula is C25H18N2S. The Kier molecular flexibility index (Phi) is 4.22. The summed E-state index contributed by atoms with van der Waals surface area (Å²) in [4.78, 5) is 0. The molecule has 5 rings (SSSR count). The Bertz CT molecular complexity index is 1240. The Morgan fingerprint density at radius 2 is 1.21 bits per heavy atom. The molecule has 0 fully saturated rings. The van der Waals surface area contributed by atoms with Gasteiger partial charge in [0.1, 0.15) is 5.52 Å². The normalized spacial score (nSPS) is 11.0.